The van der Waals surface area contributed by atoms with Crippen molar-refractivity contribution in [3.05, 3.63) is 0 Å². The Bertz CT molecular complexity index is 705. The number of carbonyl (C=O) groups excluding carboxylic acids is 3. The number of hydrogen-bond donors (Lipinski definition) is 0. The fraction of sp³-hybridized carbons (Fsp3) is 0.889. The average Bonchev–Trinajstić information content (AvgIpc) is 2.72. The van der Waals surface area contributed by atoms with E-state index in [-0.39, 0.29) is 24.6 Å². The summed E-state index contributed by atoms with van der Waals surface area (Å²) in [6.07, 6.45) is 10.2. The number of unbranched alkanes of at least 4 members (excludes halogenated alkanes) is 9. The van der Waals surface area contributed by atoms with Gasteiger partial charge in [0.15, 0.2) is 0 Å². The molecule has 2 unspecified atom stereocenters. The van der Waals surface area contributed by atoms with Crippen LogP contribution in [-0.2, 0) is 19.1 Å². The van der Waals surface area contributed by atoms with Gasteiger partial charge in [-0.3, -0.25) is 14.4 Å². The quantitative estimate of drug-likeness (QED) is 0.118. The van der Waals surface area contributed by atoms with Crippen molar-refractivity contribution in [3.63, 3.8) is 0 Å². The summed E-state index contributed by atoms with van der Waals surface area (Å²) in [5.74, 6) is -2.31. The molecule has 0 aromatic carbocycles. The van der Waals surface area contributed by atoms with Gasteiger partial charge in [-0.25, -0.2) is 0 Å². The molecule has 0 aliphatic heterocycles. The van der Waals surface area contributed by atoms with E-state index in [2.05, 4.69) is 0 Å². The highest BCUT2D eigenvalue weighted by Crippen LogP contribution is 2.34. The van der Waals surface area contributed by atoms with Crippen LogP contribution in [0, 0.1) is 16.7 Å². The monoisotopic (exact) mass is 444 g/mol. The second kappa shape index (κ2) is 15.6. The SMILES string of the molecule is [2H]C([2H])([2H])C(C)(CCCCCCCCCCCCC(C)(C(C(C)=O)C(C)=O)C([2H])([2H])[2H])CC(=O)OCC. The molecule has 0 amide bonds. The van der Waals surface area contributed by atoms with Gasteiger partial charge in [0.25, 0.3) is 0 Å². The van der Waals surface area contributed by atoms with Crippen LogP contribution in [0.15, 0.2) is 0 Å². The van der Waals surface area contributed by atoms with E-state index >= 15 is 0 Å². The van der Waals surface area contributed by atoms with Crippen LogP contribution in [0.25, 0.3) is 0 Å². The van der Waals surface area contributed by atoms with E-state index in [9.17, 15) is 14.4 Å². The molecule has 0 spiro atoms. The van der Waals surface area contributed by atoms with Crippen LogP contribution >= 0.6 is 0 Å². The number of Topliss-reactive ketones (excluding diaryl/α,β-unsaturated/α-hetero) is 2. The number of rotatable bonds is 19. The maximum Gasteiger partial charge on any atom is 0.306 e. The van der Waals surface area contributed by atoms with Gasteiger partial charge in [0.2, 0.25) is 0 Å². The third-order valence-corrected chi connectivity index (χ3v) is 5.96. The predicted octanol–water partition coefficient (Wildman–Crippen LogP) is 7.47. The molecule has 0 rings (SSSR count). The first-order chi connectivity index (χ1) is 16.9. The minimum absolute atomic E-state index is 0.0903. The lowest BCUT2D eigenvalue weighted by Gasteiger charge is -2.31. The minimum Gasteiger partial charge on any atom is -0.466 e. The highest BCUT2D eigenvalue weighted by Gasteiger charge is 2.35. The van der Waals surface area contributed by atoms with Crippen molar-refractivity contribution in [2.24, 2.45) is 16.7 Å². The molecule has 4 nitrogen and oxygen atoms in total. The van der Waals surface area contributed by atoms with Crippen LogP contribution in [0.2, 0.25) is 0 Å². The van der Waals surface area contributed by atoms with Gasteiger partial charge in [-0.15, -0.1) is 0 Å². The van der Waals surface area contributed by atoms with Crippen LogP contribution in [0.5, 0.6) is 0 Å². The Kier molecular flexibility index (Phi) is 10.3. The van der Waals surface area contributed by atoms with Gasteiger partial charge in [-0.2, -0.15) is 0 Å². The number of esters is 1. The number of ether oxygens (including phenoxy) is 1. The van der Waals surface area contributed by atoms with E-state index < -0.39 is 36.4 Å². The Morgan fingerprint density at radius 2 is 1.23 bits per heavy atom. The highest BCUT2D eigenvalue weighted by molar-refractivity contribution is 6.01. The molecule has 0 aliphatic carbocycles. The lowest BCUT2D eigenvalue weighted by Crippen LogP contribution is -2.35. The first-order valence-corrected chi connectivity index (χ1v) is 12.1. The molecule has 31 heavy (non-hydrogen) atoms. The molecule has 0 heterocycles. The topological polar surface area (TPSA) is 60.4 Å². The molecule has 0 N–H and O–H groups in total. The molecule has 4 heteroatoms. The zero-order valence-corrected chi connectivity index (χ0v) is 20.6. The van der Waals surface area contributed by atoms with Crippen molar-refractivity contribution in [1.82, 2.24) is 0 Å². The fourth-order valence-corrected chi connectivity index (χ4v) is 4.37. The van der Waals surface area contributed by atoms with E-state index in [1.54, 1.807) is 20.8 Å². The Hall–Kier alpha value is -1.19. The van der Waals surface area contributed by atoms with E-state index in [4.69, 9.17) is 13.0 Å². The summed E-state index contributed by atoms with van der Waals surface area (Å²) >= 11 is 0. The zero-order valence-electron chi connectivity index (χ0n) is 26.6. The van der Waals surface area contributed by atoms with Crippen LogP contribution < -0.4 is 0 Å². The van der Waals surface area contributed by atoms with Gasteiger partial charge in [0, 0.05) is 8.22 Å². The number of carbonyl (C=O) groups is 3. The van der Waals surface area contributed by atoms with Gasteiger partial charge >= 0.3 is 5.97 Å². The first kappa shape index (κ1) is 20.4. The first-order valence-electron chi connectivity index (χ1n) is 15.1. The number of hydrogen-bond acceptors (Lipinski definition) is 4. The molecule has 182 valence electrons. The molecule has 0 aromatic rings. The molecule has 0 bridgehead atoms. The van der Waals surface area contributed by atoms with E-state index in [1.165, 1.54) is 13.8 Å². The van der Waals surface area contributed by atoms with Crippen molar-refractivity contribution in [2.45, 2.75) is 132 Å². The molecular weight excluding hydrogens is 388 g/mol. The van der Waals surface area contributed by atoms with E-state index in [1.807, 2.05) is 0 Å². The molecule has 0 saturated heterocycles. The maximum atomic E-state index is 12.0. The minimum atomic E-state index is -2.38. The van der Waals surface area contributed by atoms with Gasteiger partial charge in [-0.05, 0) is 44.4 Å². The van der Waals surface area contributed by atoms with Crippen molar-refractivity contribution in [3.8, 4) is 0 Å². The summed E-state index contributed by atoms with van der Waals surface area (Å²) in [4.78, 5) is 35.9. The standard InChI is InChI=1S/C27H50O4/c1-8-31-24(30)21-26(4,5)19-17-15-13-11-9-10-12-14-16-18-20-27(6,7)25(22(2)28)23(3)29/h25H,8-21H2,1-7H3/i4D3,6D3. The van der Waals surface area contributed by atoms with Crippen molar-refractivity contribution >= 4 is 17.5 Å². The van der Waals surface area contributed by atoms with Gasteiger partial charge in [-0.1, -0.05) is 91.8 Å². The Morgan fingerprint density at radius 3 is 1.61 bits per heavy atom. The fourth-order valence-electron chi connectivity index (χ4n) is 4.37. The van der Waals surface area contributed by atoms with Crippen LogP contribution in [0.4, 0.5) is 0 Å². The van der Waals surface area contributed by atoms with E-state index in [0.29, 0.717) is 19.3 Å². The van der Waals surface area contributed by atoms with E-state index in [0.717, 1.165) is 57.8 Å². The van der Waals surface area contributed by atoms with Crippen LogP contribution in [0.3, 0.4) is 0 Å². The molecule has 0 fully saturated rings. The second-order valence-corrected chi connectivity index (χ2v) is 9.65. The van der Waals surface area contributed by atoms with Gasteiger partial charge < -0.3 is 4.74 Å². The van der Waals surface area contributed by atoms with Gasteiger partial charge in [0.1, 0.15) is 11.6 Å². The predicted molar refractivity (Wildman–Crippen MR) is 129 cm³/mol. The summed E-state index contributed by atoms with van der Waals surface area (Å²) in [5.41, 5.74) is -2.40. The Labute approximate surface area is 200 Å². The lowest BCUT2D eigenvalue weighted by atomic mass is 9.71. The molecule has 0 saturated carbocycles. The zero-order chi connectivity index (χ0) is 28.9. The normalized spacial score (nSPS) is 19.0. The van der Waals surface area contributed by atoms with Crippen molar-refractivity contribution < 1.29 is 27.3 Å². The third-order valence-electron chi connectivity index (χ3n) is 5.96. The number of ketones is 2. The van der Waals surface area contributed by atoms with Crippen LogP contribution in [0.1, 0.15) is 140 Å². The largest absolute Gasteiger partial charge is 0.466 e. The molecule has 0 aliphatic rings. The van der Waals surface area contributed by atoms with Crippen molar-refractivity contribution in [1.29, 1.82) is 0 Å². The summed E-state index contributed by atoms with van der Waals surface area (Å²) in [5, 5.41) is 0. The Morgan fingerprint density at radius 1 is 0.774 bits per heavy atom. The lowest BCUT2D eigenvalue weighted by molar-refractivity contribution is -0.145. The Balaban J connectivity index is 4.26. The molecular formula is C27H50O4. The molecule has 0 aromatic heterocycles. The summed E-state index contributed by atoms with van der Waals surface area (Å²) in [6, 6.07) is 0. The molecule has 0 radical (unpaired) electrons. The third kappa shape index (κ3) is 14.5. The summed E-state index contributed by atoms with van der Waals surface area (Å²) in [7, 11) is 0. The van der Waals surface area contributed by atoms with Gasteiger partial charge in [0.05, 0.1) is 18.9 Å². The summed E-state index contributed by atoms with van der Waals surface area (Å²) in [6.45, 7) is 3.16. The smallest absolute Gasteiger partial charge is 0.306 e. The second-order valence-electron chi connectivity index (χ2n) is 9.65. The van der Waals surface area contributed by atoms with Crippen molar-refractivity contribution in [2.75, 3.05) is 6.61 Å². The summed E-state index contributed by atoms with van der Waals surface area (Å²) < 4.78 is 52.3. The highest BCUT2D eigenvalue weighted by atomic mass is 16.5. The average molecular weight is 445 g/mol. The maximum absolute atomic E-state index is 12.0. The molecule has 2 atom stereocenters. The van der Waals surface area contributed by atoms with Crippen LogP contribution in [-0.4, -0.2) is 24.1 Å².